The molecule has 0 aliphatic rings. The highest BCUT2D eigenvalue weighted by molar-refractivity contribution is 7.57. The van der Waals surface area contributed by atoms with Gasteiger partial charge in [0, 0.05) is 119 Å². The van der Waals surface area contributed by atoms with Crippen molar-refractivity contribution < 1.29 is 85.6 Å². The smallest absolute Gasteiger partial charge is 0.188 e. The first kappa shape index (κ1) is 120. The molecule has 6 atom stereocenters. The van der Waals surface area contributed by atoms with Crippen LogP contribution in [-0.4, -0.2) is 118 Å². The Labute approximate surface area is 861 Å². The molecule has 0 saturated heterocycles. The number of Topliss-reactive ketones (excluding diaryl/α,β-unsaturated/α-hetero) is 6. The predicted octanol–water partition coefficient (Wildman–Crippen LogP) is 22.4. The fourth-order valence-electron chi connectivity index (χ4n) is 15.1. The monoisotopic (exact) mass is 2050 g/mol. The van der Waals surface area contributed by atoms with Crippen molar-refractivity contribution >= 4 is 150 Å². The number of benzene rings is 12. The molecule has 0 heterocycles. The van der Waals surface area contributed by atoms with Gasteiger partial charge in [-0.15, -0.1) is 0 Å². The lowest BCUT2D eigenvalue weighted by Gasteiger charge is -2.29. The van der Waals surface area contributed by atoms with Crippen LogP contribution < -0.4 is 92.1 Å². The third-order valence-corrected chi connectivity index (χ3v) is 30.5. The van der Waals surface area contributed by atoms with Gasteiger partial charge < -0.3 is 56.8 Å². The van der Waals surface area contributed by atoms with Gasteiger partial charge in [-0.05, 0) is 225 Å². The van der Waals surface area contributed by atoms with E-state index in [0.29, 0.717) is 51.5 Å². The molecule has 762 valence electrons. The molecule has 0 bridgehead atoms. The Morgan fingerprint density at radius 1 is 0.217 bits per heavy atom. The molecule has 0 amide bonds. The van der Waals surface area contributed by atoms with Crippen molar-refractivity contribution in [2.45, 2.75) is 195 Å². The van der Waals surface area contributed by atoms with E-state index in [-0.39, 0.29) is 97.1 Å². The van der Waals surface area contributed by atoms with Gasteiger partial charge in [-0.2, -0.15) is 0 Å². The Morgan fingerprint density at radius 3 is 0.839 bits per heavy atom. The van der Waals surface area contributed by atoms with Gasteiger partial charge in [-0.3, -0.25) is 28.8 Å². The first-order valence-electron chi connectivity index (χ1n) is 47.3. The van der Waals surface area contributed by atoms with Crippen LogP contribution in [0.25, 0.3) is 0 Å². The summed E-state index contributed by atoms with van der Waals surface area (Å²) in [4.78, 5) is 71.5. The maximum atomic E-state index is 12.1. The van der Waals surface area contributed by atoms with Crippen LogP contribution in [0.2, 0.25) is 0 Å². The van der Waals surface area contributed by atoms with Gasteiger partial charge in [-0.1, -0.05) is 328 Å². The minimum Gasteiger partial charge on any atom is -0.467 e. The predicted molar refractivity (Wildman–Crippen MR) is 606 cm³/mol. The average molecular weight is 2050 g/mol. The lowest BCUT2D eigenvalue weighted by Crippen LogP contribution is -2.24. The number of para-hydroxylation sites is 2. The topological polar surface area (TPSA) is 213 Å². The molecule has 143 heavy (non-hydrogen) atoms. The summed E-state index contributed by atoms with van der Waals surface area (Å²) >= 11 is 0. The Bertz CT molecular complexity index is 6250. The van der Waals surface area contributed by atoms with E-state index < -0.39 is 0 Å². The van der Waals surface area contributed by atoms with E-state index in [2.05, 4.69) is 152 Å². The molecule has 0 aliphatic carbocycles. The van der Waals surface area contributed by atoms with E-state index in [0.717, 1.165) is 165 Å². The highest BCUT2D eigenvalue weighted by atomic mass is 31.1. The van der Waals surface area contributed by atoms with Gasteiger partial charge >= 0.3 is 0 Å². The lowest BCUT2D eigenvalue weighted by molar-refractivity contribution is 0.0504. The van der Waals surface area contributed by atoms with Crippen LogP contribution >= 0.6 is 51.5 Å². The first-order chi connectivity index (χ1) is 67.6. The molecule has 0 aliphatic heterocycles. The second-order valence-electron chi connectivity index (χ2n) is 38.8. The van der Waals surface area contributed by atoms with Gasteiger partial charge in [0.1, 0.15) is 34.5 Å². The first-order valence-corrected chi connectivity index (χ1v) is 53.3. The van der Waals surface area contributed by atoms with E-state index in [1.165, 1.54) is 27.8 Å². The molecular weight excluding hydrogens is 1900 g/mol. The van der Waals surface area contributed by atoms with Crippen molar-refractivity contribution in [3.63, 3.8) is 0 Å². The summed E-state index contributed by atoms with van der Waals surface area (Å²) in [7, 11) is 11.8. The zero-order chi connectivity index (χ0) is 106. The number of hydrogen-bond donors (Lipinski definition) is 0. The fourth-order valence-corrected chi connectivity index (χ4v) is 23.7. The summed E-state index contributed by atoms with van der Waals surface area (Å²) in [5.41, 5.74) is 17.3. The molecule has 0 N–H and O–H groups in total. The standard InChI is InChI=1S/C24H33O3P.2C21H27O3P.2C18H21O3P.C17H19O3P/c1-16(25)18-11-9-10-12-20(18)28-21-14-17(23(2,3)4)13-19(24(5,6)7)22(21)27-15-26-8;1-14-11-16(21(3,4)5)12-19(20(14)24-13-23-6)25-18-10-8-7-9-17(18)15(2)22;1-14-11-17(21(3,4)5)20(24-13-23-6)19(12-14)25-18-10-8-7-9-16(18)15(2)22;1-12-8-9-16(15(10-12)14(3)19)22-17-7-5-6-13(2)18(17)21-11-20-4;1-12-9-13(2)18(21-11-20-4)17(10-12)22-16-8-6-5-7-15(16)14(3)19;1-12-8-9-16(14(10-12)13(2)18)21-17-7-5-4-6-15(17)20-11-19-3/h9-14,28H,15H2,1-8H3;2*7-12,25H,13H2,1-6H3;2*5-10,22H,11H2,1-4H3;4-10,21H,11H2,1-3H3. The number of ketones is 6. The molecule has 6 unspecified atom stereocenters. The SMILES string of the molecule is COCOc1c(C)cc(C(C)(C)C)cc1Pc1ccccc1C(C)=O.COCOc1c(C)cc(C)cc1Pc1ccccc1C(C)=O.COCOc1c(C)cccc1Pc1ccc(C)cc1C(C)=O.COCOc1c(Pc2ccccc2C(C)=O)cc(C(C)(C)C)cc1C(C)(C)C.COCOc1c(Pc2ccccc2C(C)=O)cc(C)cc1C(C)(C)C.COCOc1ccccc1Pc1ccc(C)cc1C(C)=O. The van der Waals surface area contributed by atoms with Crippen LogP contribution in [0.15, 0.2) is 224 Å². The van der Waals surface area contributed by atoms with E-state index in [1.54, 1.807) is 84.2 Å². The molecule has 24 heteroatoms. The normalized spacial score (nSPS) is 11.7. The van der Waals surface area contributed by atoms with Gasteiger partial charge in [0.25, 0.3) is 0 Å². The van der Waals surface area contributed by atoms with Gasteiger partial charge in [0.05, 0.1) is 0 Å². The van der Waals surface area contributed by atoms with E-state index in [1.807, 2.05) is 204 Å². The summed E-state index contributed by atoms with van der Waals surface area (Å²) in [5.74, 6) is 5.64. The average Bonchev–Trinajstić information content (AvgIpc) is 0.781. The molecule has 12 rings (SSSR count). The van der Waals surface area contributed by atoms with Crippen molar-refractivity contribution in [1.29, 1.82) is 0 Å². The summed E-state index contributed by atoms with van der Waals surface area (Å²) in [6, 6.07) is 74.5. The minimum atomic E-state index is -0.0797. The van der Waals surface area contributed by atoms with Gasteiger partial charge in [-0.25, -0.2) is 0 Å². The van der Waals surface area contributed by atoms with Crippen molar-refractivity contribution in [1.82, 2.24) is 0 Å². The Balaban J connectivity index is 0.000000233. The van der Waals surface area contributed by atoms with Gasteiger partial charge in [0.15, 0.2) is 75.5 Å². The van der Waals surface area contributed by atoms with Crippen LogP contribution in [0, 0.1) is 48.5 Å². The molecular formula is C119H148O18P6. The lowest BCUT2D eigenvalue weighted by atomic mass is 9.80. The van der Waals surface area contributed by atoms with Crippen molar-refractivity contribution in [2.24, 2.45) is 0 Å². The molecule has 0 aromatic heterocycles. The maximum absolute atomic E-state index is 12.1. The van der Waals surface area contributed by atoms with Crippen LogP contribution in [0.3, 0.4) is 0 Å². The molecule has 18 nitrogen and oxygen atoms in total. The number of carbonyl (C=O) groups is 6. The van der Waals surface area contributed by atoms with E-state index in [4.69, 9.17) is 56.8 Å². The number of carbonyl (C=O) groups excluding carboxylic acids is 6. The van der Waals surface area contributed by atoms with Crippen molar-refractivity contribution in [3.05, 3.63) is 319 Å². The maximum Gasteiger partial charge on any atom is 0.188 e. The summed E-state index contributed by atoms with van der Waals surface area (Å²) in [6.07, 6.45) is 0. The van der Waals surface area contributed by atoms with Gasteiger partial charge in [0.2, 0.25) is 0 Å². The minimum absolute atomic E-state index is 0.0130. The Kier molecular flexibility index (Phi) is 48.3. The fraction of sp³-hybridized carbons (Fsp3) is 0.345. The van der Waals surface area contributed by atoms with Crippen LogP contribution in [0.5, 0.6) is 34.5 Å². The Hall–Kier alpha value is -10.2. The number of aryl methyl sites for hydroxylation is 7. The zero-order valence-corrected chi connectivity index (χ0v) is 95.5. The van der Waals surface area contributed by atoms with Crippen molar-refractivity contribution in [3.8, 4) is 34.5 Å². The third kappa shape index (κ3) is 37.1. The molecule has 0 spiro atoms. The van der Waals surface area contributed by atoms with Crippen LogP contribution in [0.4, 0.5) is 0 Å². The van der Waals surface area contributed by atoms with Crippen LogP contribution in [-0.2, 0) is 50.1 Å². The third-order valence-electron chi connectivity index (χ3n) is 22.4. The molecule has 0 saturated carbocycles. The Morgan fingerprint density at radius 2 is 0.483 bits per heavy atom. The summed E-state index contributed by atoms with van der Waals surface area (Å²) < 4.78 is 65.4. The molecule has 12 aromatic rings. The van der Waals surface area contributed by atoms with E-state index >= 15 is 0 Å². The quantitative estimate of drug-likeness (QED) is 0.0203. The number of rotatable bonds is 36. The zero-order valence-electron chi connectivity index (χ0n) is 89.5. The molecule has 0 fully saturated rings. The van der Waals surface area contributed by atoms with Crippen LogP contribution in [0.1, 0.15) is 248 Å². The van der Waals surface area contributed by atoms with E-state index in [9.17, 15) is 28.8 Å². The molecule has 0 radical (unpaired) electrons. The second-order valence-corrected chi connectivity index (χ2v) is 46.8. The molecule has 12 aromatic carbocycles. The number of hydrogen-bond acceptors (Lipinski definition) is 18. The summed E-state index contributed by atoms with van der Waals surface area (Å²) in [5, 5.41) is 12.9. The number of methoxy groups -OCH3 is 6. The number of ether oxygens (including phenoxy) is 12. The highest BCUT2D eigenvalue weighted by Gasteiger charge is 2.30. The van der Waals surface area contributed by atoms with Crippen molar-refractivity contribution in [2.75, 3.05) is 83.4 Å². The summed E-state index contributed by atoms with van der Waals surface area (Å²) in [6.45, 7) is 51.6. The second kappa shape index (κ2) is 57.6. The highest BCUT2D eigenvalue weighted by Crippen LogP contribution is 2.40. The largest absolute Gasteiger partial charge is 0.467 e.